The van der Waals surface area contributed by atoms with Gasteiger partial charge in [0.05, 0.1) is 19.8 Å². The Hall–Kier alpha value is -2.46. The Bertz CT molecular complexity index is 979. The van der Waals surface area contributed by atoms with Gasteiger partial charge in [0.1, 0.15) is 12.3 Å². The van der Waals surface area contributed by atoms with Crippen molar-refractivity contribution in [3.05, 3.63) is 59.2 Å². The monoisotopic (exact) mass is 423 g/mol. The van der Waals surface area contributed by atoms with Gasteiger partial charge >= 0.3 is 12.1 Å². The number of fused-ring (bicyclic) bond motifs is 3. The molecule has 9 heteroatoms. The maximum atomic E-state index is 13.9. The summed E-state index contributed by atoms with van der Waals surface area (Å²) in [5, 5.41) is 19.5. The highest BCUT2D eigenvalue weighted by atomic mass is 19.4. The number of nitrogens with zero attached hydrogens (tertiary/aromatic N) is 1. The summed E-state index contributed by atoms with van der Waals surface area (Å²) in [6.07, 6.45) is -5.52. The number of alkyl halides is 3. The number of carbonyl (C=O) groups is 1. The molecule has 2 aliphatic rings. The van der Waals surface area contributed by atoms with Crippen molar-refractivity contribution < 1.29 is 37.7 Å². The van der Waals surface area contributed by atoms with Crippen LogP contribution in [0.15, 0.2) is 42.5 Å². The molecule has 0 amide bonds. The van der Waals surface area contributed by atoms with E-state index in [2.05, 4.69) is 0 Å². The molecule has 4 rings (SSSR count). The zero-order valence-electron chi connectivity index (χ0n) is 16.0. The standard InChI is InChI=1S/C21H20F3NO5/c1-25(9-18(26)27)19-17(30-19)11-29-10-12-6-7-14-13-4-2-3-5-15(13)20(28,16(14)8-12)21(22,23)24/h2-8,17,19,28H,9-11H2,1H3,(H,26,27). The molecule has 3 unspecified atom stereocenters. The molecular formula is C21H20F3NO5. The third-order valence-corrected chi connectivity index (χ3v) is 5.42. The normalized spacial score (nSPS) is 24.6. The van der Waals surface area contributed by atoms with Gasteiger partial charge in [-0.25, -0.2) is 0 Å². The van der Waals surface area contributed by atoms with E-state index in [1.807, 2.05) is 0 Å². The number of hydrogen-bond acceptors (Lipinski definition) is 5. The summed E-state index contributed by atoms with van der Waals surface area (Å²) in [6.45, 7) is 0.0465. The van der Waals surface area contributed by atoms with Crippen LogP contribution in [0.2, 0.25) is 0 Å². The first kappa shape index (κ1) is 20.8. The van der Waals surface area contributed by atoms with E-state index in [9.17, 15) is 23.1 Å². The van der Waals surface area contributed by atoms with E-state index in [4.69, 9.17) is 14.6 Å². The predicted molar refractivity (Wildman–Crippen MR) is 99.5 cm³/mol. The van der Waals surface area contributed by atoms with Crippen LogP contribution in [-0.4, -0.2) is 59.8 Å². The number of rotatable bonds is 7. The summed E-state index contributed by atoms with van der Waals surface area (Å²) < 4.78 is 52.5. The van der Waals surface area contributed by atoms with Gasteiger partial charge in [0.15, 0.2) is 0 Å². The minimum absolute atomic E-state index is 0.0345. The van der Waals surface area contributed by atoms with Crippen molar-refractivity contribution in [2.24, 2.45) is 0 Å². The molecule has 6 nitrogen and oxygen atoms in total. The summed E-state index contributed by atoms with van der Waals surface area (Å²) >= 11 is 0. The van der Waals surface area contributed by atoms with Crippen LogP contribution in [0.1, 0.15) is 16.7 Å². The van der Waals surface area contributed by atoms with E-state index in [1.54, 1.807) is 31.3 Å². The Morgan fingerprint density at radius 1 is 1.20 bits per heavy atom. The predicted octanol–water partition coefficient (Wildman–Crippen LogP) is 2.72. The summed E-state index contributed by atoms with van der Waals surface area (Å²) in [5.41, 5.74) is -2.27. The third-order valence-electron chi connectivity index (χ3n) is 5.42. The van der Waals surface area contributed by atoms with Gasteiger partial charge in [-0.05, 0) is 29.8 Å². The molecule has 2 aromatic rings. The number of benzene rings is 2. The van der Waals surface area contributed by atoms with E-state index in [-0.39, 0.29) is 43.2 Å². The number of carboxylic acid groups (broad SMARTS) is 1. The van der Waals surface area contributed by atoms with Crippen molar-refractivity contribution in [1.29, 1.82) is 0 Å². The number of halogens is 3. The van der Waals surface area contributed by atoms with Crippen LogP contribution in [0, 0.1) is 0 Å². The smallest absolute Gasteiger partial charge is 0.425 e. The topological polar surface area (TPSA) is 82.5 Å². The minimum atomic E-state index is -4.88. The summed E-state index contributed by atoms with van der Waals surface area (Å²) in [7, 11) is 1.62. The first-order valence-corrected chi connectivity index (χ1v) is 9.30. The molecule has 1 fully saturated rings. The number of epoxide rings is 1. The Balaban J connectivity index is 1.47. The van der Waals surface area contributed by atoms with Crippen molar-refractivity contribution in [3.8, 4) is 11.1 Å². The molecular weight excluding hydrogens is 403 g/mol. The molecule has 30 heavy (non-hydrogen) atoms. The number of likely N-dealkylation sites (N-methyl/N-ethyl adjacent to an activating group) is 1. The molecule has 0 aromatic heterocycles. The maximum absolute atomic E-state index is 13.9. The van der Waals surface area contributed by atoms with Gasteiger partial charge < -0.3 is 19.7 Å². The average molecular weight is 423 g/mol. The summed E-state index contributed by atoms with van der Waals surface area (Å²) in [5.74, 6) is -0.969. The van der Waals surface area contributed by atoms with Crippen molar-refractivity contribution in [2.75, 3.05) is 20.2 Å². The zero-order valence-corrected chi connectivity index (χ0v) is 16.0. The van der Waals surface area contributed by atoms with E-state index < -0.39 is 17.7 Å². The molecule has 1 aliphatic heterocycles. The van der Waals surface area contributed by atoms with Crippen LogP contribution in [0.4, 0.5) is 13.2 Å². The molecule has 2 aromatic carbocycles. The lowest BCUT2D eigenvalue weighted by Crippen LogP contribution is -2.41. The number of aliphatic hydroxyl groups is 1. The number of hydrogen-bond donors (Lipinski definition) is 2. The van der Waals surface area contributed by atoms with Crippen LogP contribution in [0.5, 0.6) is 0 Å². The highest BCUT2D eigenvalue weighted by molar-refractivity contribution is 5.80. The van der Waals surface area contributed by atoms with Crippen molar-refractivity contribution >= 4 is 5.97 Å². The van der Waals surface area contributed by atoms with Crippen LogP contribution < -0.4 is 0 Å². The molecule has 1 aliphatic carbocycles. The summed E-state index contributed by atoms with van der Waals surface area (Å²) in [4.78, 5) is 12.3. The first-order valence-electron chi connectivity index (χ1n) is 9.30. The lowest BCUT2D eigenvalue weighted by atomic mass is 9.90. The van der Waals surface area contributed by atoms with E-state index in [1.165, 1.54) is 23.1 Å². The fourth-order valence-electron chi connectivity index (χ4n) is 3.94. The SMILES string of the molecule is CN(CC(=O)O)C1OC1COCc1ccc2c(c1)C(O)(C(F)(F)F)c1ccccc1-2. The highest BCUT2D eigenvalue weighted by Crippen LogP contribution is 2.55. The molecule has 1 saturated heterocycles. The van der Waals surface area contributed by atoms with E-state index >= 15 is 0 Å². The first-order chi connectivity index (χ1) is 14.1. The quantitative estimate of drug-likeness (QED) is 0.667. The highest BCUT2D eigenvalue weighted by Gasteiger charge is 2.60. The van der Waals surface area contributed by atoms with Gasteiger partial charge in [-0.3, -0.25) is 9.69 Å². The maximum Gasteiger partial charge on any atom is 0.425 e. The van der Waals surface area contributed by atoms with Crippen molar-refractivity contribution in [1.82, 2.24) is 4.90 Å². The molecule has 2 N–H and O–H groups in total. The molecule has 0 radical (unpaired) electrons. The van der Waals surface area contributed by atoms with Crippen LogP contribution in [-0.2, 0) is 26.5 Å². The number of carboxylic acids is 1. The van der Waals surface area contributed by atoms with Crippen molar-refractivity contribution in [2.45, 2.75) is 30.7 Å². The lowest BCUT2D eigenvalue weighted by molar-refractivity contribution is -0.246. The Morgan fingerprint density at radius 3 is 2.60 bits per heavy atom. The van der Waals surface area contributed by atoms with Crippen LogP contribution >= 0.6 is 0 Å². The molecule has 3 atom stereocenters. The fourth-order valence-corrected chi connectivity index (χ4v) is 3.94. The second-order valence-corrected chi connectivity index (χ2v) is 7.52. The zero-order chi connectivity index (χ0) is 21.7. The third kappa shape index (κ3) is 3.47. The second-order valence-electron chi connectivity index (χ2n) is 7.52. The lowest BCUT2D eigenvalue weighted by Gasteiger charge is -2.28. The molecule has 160 valence electrons. The van der Waals surface area contributed by atoms with Gasteiger partial charge in [-0.15, -0.1) is 0 Å². The van der Waals surface area contributed by atoms with E-state index in [0.29, 0.717) is 16.7 Å². The molecule has 0 bridgehead atoms. The summed E-state index contributed by atoms with van der Waals surface area (Å²) in [6, 6.07) is 10.5. The van der Waals surface area contributed by atoms with Gasteiger partial charge in [-0.2, -0.15) is 13.2 Å². The van der Waals surface area contributed by atoms with Gasteiger partial charge in [0.2, 0.25) is 5.60 Å². The minimum Gasteiger partial charge on any atom is -0.480 e. The Morgan fingerprint density at radius 2 is 1.90 bits per heavy atom. The molecule has 0 spiro atoms. The number of aliphatic carboxylic acids is 1. The fraction of sp³-hybridized carbons (Fsp3) is 0.381. The Labute approximate surface area is 170 Å². The average Bonchev–Trinajstić information content (AvgIpc) is 3.40. The van der Waals surface area contributed by atoms with Gasteiger partial charge in [0.25, 0.3) is 0 Å². The van der Waals surface area contributed by atoms with E-state index in [0.717, 1.165) is 0 Å². The molecule has 0 saturated carbocycles. The Kier molecular flexibility index (Phi) is 5.09. The van der Waals surface area contributed by atoms with Gasteiger partial charge in [-0.1, -0.05) is 36.4 Å². The largest absolute Gasteiger partial charge is 0.480 e. The second kappa shape index (κ2) is 7.35. The van der Waals surface area contributed by atoms with Gasteiger partial charge in [0, 0.05) is 11.1 Å². The molecule has 1 heterocycles. The van der Waals surface area contributed by atoms with Crippen molar-refractivity contribution in [3.63, 3.8) is 0 Å². The van der Waals surface area contributed by atoms with Crippen LogP contribution in [0.25, 0.3) is 11.1 Å². The van der Waals surface area contributed by atoms with Crippen LogP contribution in [0.3, 0.4) is 0 Å². The number of ether oxygens (including phenoxy) is 2.